The monoisotopic (exact) mass is 215 g/mol. The predicted octanol–water partition coefficient (Wildman–Crippen LogP) is 3.12. The van der Waals surface area contributed by atoms with Gasteiger partial charge in [-0.2, -0.15) is 0 Å². The van der Waals surface area contributed by atoms with E-state index < -0.39 is 0 Å². The van der Waals surface area contributed by atoms with Crippen LogP contribution in [0, 0.1) is 0 Å². The van der Waals surface area contributed by atoms with Gasteiger partial charge in [0.1, 0.15) is 0 Å². The summed E-state index contributed by atoms with van der Waals surface area (Å²) in [6, 6.07) is 4.14. The van der Waals surface area contributed by atoms with E-state index in [2.05, 4.69) is 31.0 Å². The Kier molecular flexibility index (Phi) is 2.90. The second-order valence-electron chi connectivity index (χ2n) is 4.55. The molecule has 1 heterocycles. The lowest BCUT2D eigenvalue weighted by Crippen LogP contribution is -2.14. The number of rotatable bonds is 2. The molecule has 1 aromatic heterocycles. The Morgan fingerprint density at radius 3 is 2.75 bits per heavy atom. The molecule has 84 valence electrons. The van der Waals surface area contributed by atoms with Crippen LogP contribution < -0.4 is 0 Å². The van der Waals surface area contributed by atoms with Crippen LogP contribution in [-0.2, 0) is 11.2 Å². The number of ketones is 1. The topological polar surface area (TPSA) is 30.0 Å². The fraction of sp³-hybridized carbons (Fsp3) is 0.429. The number of hydrogen-bond donors (Lipinski definition) is 0. The number of carbonyl (C=O) groups is 1. The highest BCUT2D eigenvalue weighted by Crippen LogP contribution is 2.24. The van der Waals surface area contributed by atoms with E-state index in [9.17, 15) is 4.79 Å². The Hall–Kier alpha value is -1.44. The fourth-order valence-corrected chi connectivity index (χ4v) is 1.96. The third kappa shape index (κ3) is 1.92. The SMILES string of the molecule is CCC1=Cc2ccc(C(C)C)nc2CC1=O. The van der Waals surface area contributed by atoms with Gasteiger partial charge >= 0.3 is 0 Å². The number of pyridine rings is 1. The maximum Gasteiger partial charge on any atom is 0.164 e. The molecule has 0 radical (unpaired) electrons. The van der Waals surface area contributed by atoms with E-state index in [-0.39, 0.29) is 5.78 Å². The summed E-state index contributed by atoms with van der Waals surface area (Å²) in [4.78, 5) is 16.3. The van der Waals surface area contributed by atoms with Crippen molar-refractivity contribution in [2.45, 2.75) is 39.5 Å². The second kappa shape index (κ2) is 4.20. The minimum absolute atomic E-state index is 0.225. The van der Waals surface area contributed by atoms with Crippen molar-refractivity contribution in [3.8, 4) is 0 Å². The van der Waals surface area contributed by atoms with Crippen LogP contribution in [0.2, 0.25) is 0 Å². The zero-order valence-corrected chi connectivity index (χ0v) is 10.1. The van der Waals surface area contributed by atoms with Crippen molar-refractivity contribution in [2.24, 2.45) is 0 Å². The molecular formula is C14H17NO. The number of allylic oxidation sites excluding steroid dienone is 1. The summed E-state index contributed by atoms with van der Waals surface area (Å²) in [6.45, 7) is 6.25. The molecule has 0 saturated carbocycles. The third-order valence-electron chi connectivity index (χ3n) is 3.02. The third-order valence-corrected chi connectivity index (χ3v) is 3.02. The van der Waals surface area contributed by atoms with E-state index >= 15 is 0 Å². The van der Waals surface area contributed by atoms with Crippen LogP contribution in [0.4, 0.5) is 0 Å². The lowest BCUT2D eigenvalue weighted by atomic mass is 9.92. The first-order valence-electron chi connectivity index (χ1n) is 5.85. The first-order chi connectivity index (χ1) is 7.61. The Morgan fingerprint density at radius 1 is 1.38 bits per heavy atom. The van der Waals surface area contributed by atoms with Crippen molar-refractivity contribution in [1.29, 1.82) is 0 Å². The molecule has 0 unspecified atom stereocenters. The molecule has 2 nitrogen and oxygen atoms in total. The van der Waals surface area contributed by atoms with Gasteiger partial charge in [-0.25, -0.2) is 0 Å². The minimum atomic E-state index is 0.225. The standard InChI is InChI=1S/C14H17NO/c1-4-10-7-11-5-6-12(9(2)3)15-13(11)8-14(10)16/h5-7,9H,4,8H2,1-3H3. The molecule has 0 aromatic carbocycles. The molecule has 1 aliphatic rings. The van der Waals surface area contributed by atoms with E-state index in [1.807, 2.05) is 13.0 Å². The van der Waals surface area contributed by atoms with E-state index in [1.54, 1.807) is 0 Å². The Labute approximate surface area is 96.4 Å². The van der Waals surface area contributed by atoms with Crippen molar-refractivity contribution in [3.63, 3.8) is 0 Å². The Balaban J connectivity index is 2.44. The minimum Gasteiger partial charge on any atom is -0.294 e. The lowest BCUT2D eigenvalue weighted by Gasteiger charge is -2.15. The lowest BCUT2D eigenvalue weighted by molar-refractivity contribution is -0.115. The maximum atomic E-state index is 11.8. The summed E-state index contributed by atoms with van der Waals surface area (Å²) in [5, 5.41) is 0. The number of fused-ring (bicyclic) bond motifs is 1. The van der Waals surface area contributed by atoms with E-state index in [0.29, 0.717) is 12.3 Å². The first-order valence-corrected chi connectivity index (χ1v) is 5.85. The first kappa shape index (κ1) is 11.1. The number of Topliss-reactive ketones (excluding diaryl/α,β-unsaturated/α-hetero) is 1. The summed E-state index contributed by atoms with van der Waals surface area (Å²) in [5.41, 5.74) is 4.04. The van der Waals surface area contributed by atoms with E-state index in [1.165, 1.54) is 0 Å². The predicted molar refractivity (Wildman–Crippen MR) is 65.3 cm³/mol. The van der Waals surface area contributed by atoms with Crippen LogP contribution in [0.25, 0.3) is 6.08 Å². The number of carbonyl (C=O) groups excluding carboxylic acids is 1. The quantitative estimate of drug-likeness (QED) is 0.758. The number of hydrogen-bond acceptors (Lipinski definition) is 2. The Morgan fingerprint density at radius 2 is 2.12 bits per heavy atom. The molecule has 0 spiro atoms. The number of nitrogens with zero attached hydrogens (tertiary/aromatic N) is 1. The molecule has 0 fully saturated rings. The molecule has 0 saturated heterocycles. The zero-order chi connectivity index (χ0) is 11.7. The molecule has 0 aliphatic heterocycles. The summed E-state index contributed by atoms with van der Waals surface area (Å²) in [6.07, 6.45) is 3.26. The van der Waals surface area contributed by atoms with Gasteiger partial charge in [0.2, 0.25) is 0 Å². The van der Waals surface area contributed by atoms with Gasteiger partial charge in [-0.05, 0) is 35.6 Å². The van der Waals surface area contributed by atoms with Crippen LogP contribution in [0.3, 0.4) is 0 Å². The van der Waals surface area contributed by atoms with Gasteiger partial charge in [0.05, 0.1) is 12.1 Å². The molecule has 0 bridgehead atoms. The molecule has 16 heavy (non-hydrogen) atoms. The summed E-state index contributed by atoms with van der Waals surface area (Å²) < 4.78 is 0. The van der Waals surface area contributed by atoms with Crippen molar-refractivity contribution in [1.82, 2.24) is 4.98 Å². The van der Waals surface area contributed by atoms with Gasteiger partial charge in [0, 0.05) is 5.69 Å². The molecule has 0 atom stereocenters. The molecule has 1 aromatic rings. The summed E-state index contributed by atoms with van der Waals surface area (Å²) in [7, 11) is 0. The summed E-state index contributed by atoms with van der Waals surface area (Å²) in [5.74, 6) is 0.639. The van der Waals surface area contributed by atoms with Crippen molar-refractivity contribution in [3.05, 3.63) is 34.7 Å². The molecule has 0 N–H and O–H groups in total. The fourth-order valence-electron chi connectivity index (χ4n) is 1.96. The molecule has 2 rings (SSSR count). The zero-order valence-electron chi connectivity index (χ0n) is 10.1. The largest absolute Gasteiger partial charge is 0.294 e. The van der Waals surface area contributed by atoms with E-state index in [4.69, 9.17) is 0 Å². The smallest absolute Gasteiger partial charge is 0.164 e. The van der Waals surface area contributed by atoms with E-state index in [0.717, 1.165) is 28.9 Å². The number of aromatic nitrogens is 1. The normalized spacial score (nSPS) is 15.0. The second-order valence-corrected chi connectivity index (χ2v) is 4.55. The van der Waals surface area contributed by atoms with Crippen LogP contribution >= 0.6 is 0 Å². The van der Waals surface area contributed by atoms with Crippen LogP contribution in [-0.4, -0.2) is 10.8 Å². The van der Waals surface area contributed by atoms with Crippen LogP contribution in [0.15, 0.2) is 17.7 Å². The highest BCUT2D eigenvalue weighted by Gasteiger charge is 2.18. The Bertz CT molecular complexity index is 458. The molecule has 2 heteroatoms. The molecular weight excluding hydrogens is 198 g/mol. The van der Waals surface area contributed by atoms with Crippen molar-refractivity contribution < 1.29 is 4.79 Å². The average molecular weight is 215 g/mol. The maximum absolute atomic E-state index is 11.8. The molecule has 1 aliphatic carbocycles. The van der Waals surface area contributed by atoms with Gasteiger partial charge < -0.3 is 0 Å². The van der Waals surface area contributed by atoms with Gasteiger partial charge in [0.25, 0.3) is 0 Å². The van der Waals surface area contributed by atoms with Gasteiger partial charge in [-0.3, -0.25) is 9.78 Å². The van der Waals surface area contributed by atoms with Crippen LogP contribution in [0.1, 0.15) is 50.1 Å². The van der Waals surface area contributed by atoms with Crippen molar-refractivity contribution in [2.75, 3.05) is 0 Å². The molecule has 0 amide bonds. The highest BCUT2D eigenvalue weighted by atomic mass is 16.1. The van der Waals surface area contributed by atoms with Crippen LogP contribution in [0.5, 0.6) is 0 Å². The van der Waals surface area contributed by atoms with Gasteiger partial charge in [0.15, 0.2) is 5.78 Å². The van der Waals surface area contributed by atoms with Gasteiger partial charge in [-0.1, -0.05) is 26.8 Å². The van der Waals surface area contributed by atoms with Crippen molar-refractivity contribution >= 4 is 11.9 Å². The average Bonchev–Trinajstić information content (AvgIpc) is 2.27. The summed E-state index contributed by atoms with van der Waals surface area (Å²) >= 11 is 0. The highest BCUT2D eigenvalue weighted by molar-refractivity contribution is 6.03. The van der Waals surface area contributed by atoms with Gasteiger partial charge in [-0.15, -0.1) is 0 Å².